The SMILES string of the molecule is CCOc1cccc(C=NN2C(=O)NC3(CCCCC3)C2=O)c1O. The van der Waals surface area contributed by atoms with Gasteiger partial charge in [0.1, 0.15) is 5.54 Å². The van der Waals surface area contributed by atoms with Gasteiger partial charge in [-0.05, 0) is 31.9 Å². The van der Waals surface area contributed by atoms with Crippen molar-refractivity contribution in [1.29, 1.82) is 0 Å². The molecular formula is C17H21N3O4. The molecule has 2 aliphatic rings. The smallest absolute Gasteiger partial charge is 0.346 e. The Kier molecular flexibility index (Phi) is 4.42. The van der Waals surface area contributed by atoms with E-state index in [2.05, 4.69) is 10.4 Å². The maximum absolute atomic E-state index is 12.6. The molecule has 0 bridgehead atoms. The van der Waals surface area contributed by atoms with Gasteiger partial charge in [-0.25, -0.2) is 4.79 Å². The number of imide groups is 1. The summed E-state index contributed by atoms with van der Waals surface area (Å²) in [4.78, 5) is 24.7. The minimum Gasteiger partial charge on any atom is -0.504 e. The van der Waals surface area contributed by atoms with E-state index in [0.717, 1.165) is 24.3 Å². The Balaban J connectivity index is 1.81. The van der Waals surface area contributed by atoms with Gasteiger partial charge in [-0.3, -0.25) is 4.79 Å². The maximum Gasteiger partial charge on any atom is 0.346 e. The predicted octanol–water partition coefficient (Wildman–Crippen LogP) is 2.38. The second-order valence-electron chi connectivity index (χ2n) is 6.06. The summed E-state index contributed by atoms with van der Waals surface area (Å²) in [6.07, 6.45) is 5.51. The second kappa shape index (κ2) is 6.51. The summed E-state index contributed by atoms with van der Waals surface area (Å²) in [6, 6.07) is 4.47. The van der Waals surface area contributed by atoms with Gasteiger partial charge in [-0.2, -0.15) is 5.10 Å². The lowest BCUT2D eigenvalue weighted by atomic mass is 9.82. The van der Waals surface area contributed by atoms with Gasteiger partial charge in [0.15, 0.2) is 11.5 Å². The summed E-state index contributed by atoms with van der Waals surface area (Å²) in [5.41, 5.74) is -0.423. The molecule has 0 unspecified atom stereocenters. The zero-order chi connectivity index (χ0) is 17.2. The number of carbonyl (C=O) groups excluding carboxylic acids is 2. The molecule has 2 N–H and O–H groups in total. The molecule has 1 aliphatic carbocycles. The Morgan fingerprint density at radius 1 is 1.33 bits per heavy atom. The number of hydrogen-bond donors (Lipinski definition) is 2. The Bertz CT molecular complexity index is 680. The van der Waals surface area contributed by atoms with Crippen LogP contribution in [0.3, 0.4) is 0 Å². The highest BCUT2D eigenvalue weighted by Gasteiger charge is 2.51. The van der Waals surface area contributed by atoms with E-state index in [0.29, 0.717) is 30.8 Å². The fourth-order valence-electron chi connectivity index (χ4n) is 3.24. The van der Waals surface area contributed by atoms with Gasteiger partial charge in [0.25, 0.3) is 5.91 Å². The fraction of sp³-hybridized carbons (Fsp3) is 0.471. The number of amides is 3. The Labute approximate surface area is 140 Å². The van der Waals surface area contributed by atoms with Crippen molar-refractivity contribution in [3.05, 3.63) is 23.8 Å². The molecule has 0 radical (unpaired) electrons. The first kappa shape index (κ1) is 16.3. The quantitative estimate of drug-likeness (QED) is 0.654. The molecule has 7 nitrogen and oxygen atoms in total. The van der Waals surface area contributed by atoms with Gasteiger partial charge >= 0.3 is 6.03 Å². The van der Waals surface area contributed by atoms with Crippen molar-refractivity contribution in [3.8, 4) is 11.5 Å². The van der Waals surface area contributed by atoms with Crippen molar-refractivity contribution < 1.29 is 19.4 Å². The highest BCUT2D eigenvalue weighted by molar-refractivity contribution is 6.07. The number of phenolic OH excluding ortho intramolecular Hbond substituents is 1. The van der Waals surface area contributed by atoms with E-state index in [9.17, 15) is 14.7 Å². The molecule has 2 fully saturated rings. The standard InChI is InChI=1S/C17H21N3O4/c1-2-24-13-8-6-7-12(14(13)21)11-18-20-15(22)17(19-16(20)23)9-4-3-5-10-17/h6-8,11,21H,2-5,9-10H2,1H3,(H,19,23). The molecule has 128 valence electrons. The van der Waals surface area contributed by atoms with Gasteiger partial charge < -0.3 is 15.2 Å². The maximum atomic E-state index is 12.6. The van der Waals surface area contributed by atoms with E-state index in [-0.39, 0.29) is 11.7 Å². The summed E-state index contributed by atoms with van der Waals surface area (Å²) in [5, 5.41) is 17.8. The highest BCUT2D eigenvalue weighted by atomic mass is 16.5. The van der Waals surface area contributed by atoms with Crippen LogP contribution in [0.15, 0.2) is 23.3 Å². The van der Waals surface area contributed by atoms with E-state index in [1.807, 2.05) is 6.92 Å². The molecule has 1 aromatic carbocycles. The van der Waals surface area contributed by atoms with E-state index < -0.39 is 11.6 Å². The molecule has 1 spiro atoms. The van der Waals surface area contributed by atoms with Crippen LogP contribution in [0.2, 0.25) is 0 Å². The topological polar surface area (TPSA) is 91.2 Å². The highest BCUT2D eigenvalue weighted by Crippen LogP contribution is 2.34. The third-order valence-corrected chi connectivity index (χ3v) is 4.49. The van der Waals surface area contributed by atoms with Crippen molar-refractivity contribution in [2.75, 3.05) is 6.61 Å². The van der Waals surface area contributed by atoms with Crippen LogP contribution in [-0.2, 0) is 4.79 Å². The normalized spacial score (nSPS) is 20.0. The van der Waals surface area contributed by atoms with Crippen molar-refractivity contribution in [2.24, 2.45) is 5.10 Å². The first-order valence-electron chi connectivity index (χ1n) is 8.23. The summed E-state index contributed by atoms with van der Waals surface area (Å²) >= 11 is 0. The third kappa shape index (κ3) is 2.81. The average molecular weight is 331 g/mol. The van der Waals surface area contributed by atoms with E-state index in [1.54, 1.807) is 18.2 Å². The van der Waals surface area contributed by atoms with Gasteiger partial charge in [-0.15, -0.1) is 5.01 Å². The van der Waals surface area contributed by atoms with E-state index in [4.69, 9.17) is 4.74 Å². The minimum absolute atomic E-state index is 0.0671. The Morgan fingerprint density at radius 3 is 2.79 bits per heavy atom. The molecule has 1 heterocycles. The fourth-order valence-corrected chi connectivity index (χ4v) is 3.24. The zero-order valence-corrected chi connectivity index (χ0v) is 13.6. The molecule has 0 aromatic heterocycles. The van der Waals surface area contributed by atoms with Crippen LogP contribution in [0.5, 0.6) is 11.5 Å². The predicted molar refractivity (Wildman–Crippen MR) is 88.1 cm³/mol. The van der Waals surface area contributed by atoms with Crippen LogP contribution >= 0.6 is 0 Å². The summed E-state index contributed by atoms with van der Waals surface area (Å²) < 4.78 is 5.31. The van der Waals surface area contributed by atoms with Crippen LogP contribution in [0, 0.1) is 0 Å². The molecule has 24 heavy (non-hydrogen) atoms. The molecule has 1 aliphatic heterocycles. The van der Waals surface area contributed by atoms with Gasteiger partial charge in [0.05, 0.1) is 12.8 Å². The third-order valence-electron chi connectivity index (χ3n) is 4.49. The monoisotopic (exact) mass is 331 g/mol. The van der Waals surface area contributed by atoms with Crippen molar-refractivity contribution in [3.63, 3.8) is 0 Å². The van der Waals surface area contributed by atoms with Crippen LogP contribution in [0.4, 0.5) is 4.79 Å². The number of aromatic hydroxyl groups is 1. The molecule has 1 aromatic rings. The number of benzene rings is 1. The first-order chi connectivity index (χ1) is 11.6. The second-order valence-corrected chi connectivity index (χ2v) is 6.06. The molecule has 1 saturated heterocycles. The molecule has 3 amide bonds. The Hall–Kier alpha value is -2.57. The average Bonchev–Trinajstić information content (AvgIpc) is 2.80. The number of phenols is 1. The number of nitrogens with one attached hydrogen (secondary N) is 1. The lowest BCUT2D eigenvalue weighted by Gasteiger charge is -2.29. The largest absolute Gasteiger partial charge is 0.504 e. The lowest BCUT2D eigenvalue weighted by Crippen LogP contribution is -2.48. The molecule has 7 heteroatoms. The number of carbonyl (C=O) groups is 2. The number of ether oxygens (including phenoxy) is 1. The number of rotatable bonds is 4. The number of urea groups is 1. The van der Waals surface area contributed by atoms with E-state index >= 15 is 0 Å². The molecule has 1 saturated carbocycles. The summed E-state index contributed by atoms with van der Waals surface area (Å²) in [7, 11) is 0. The van der Waals surface area contributed by atoms with Gasteiger partial charge in [0, 0.05) is 5.56 Å². The van der Waals surface area contributed by atoms with Crippen molar-refractivity contribution in [1.82, 2.24) is 10.3 Å². The van der Waals surface area contributed by atoms with Crippen LogP contribution < -0.4 is 10.1 Å². The number of nitrogens with zero attached hydrogens (tertiary/aromatic N) is 2. The molecule has 3 rings (SSSR count). The lowest BCUT2D eigenvalue weighted by molar-refractivity contribution is -0.132. The first-order valence-corrected chi connectivity index (χ1v) is 8.23. The Morgan fingerprint density at radius 2 is 2.08 bits per heavy atom. The van der Waals surface area contributed by atoms with Gasteiger partial charge in [0.2, 0.25) is 0 Å². The zero-order valence-electron chi connectivity index (χ0n) is 13.6. The van der Waals surface area contributed by atoms with E-state index in [1.165, 1.54) is 6.21 Å². The summed E-state index contributed by atoms with van der Waals surface area (Å²) in [6.45, 7) is 2.24. The molecular weight excluding hydrogens is 310 g/mol. The van der Waals surface area contributed by atoms with Gasteiger partial charge in [-0.1, -0.05) is 25.3 Å². The number of para-hydroxylation sites is 1. The van der Waals surface area contributed by atoms with Crippen LogP contribution in [0.25, 0.3) is 0 Å². The minimum atomic E-state index is -0.804. The number of hydrogen-bond acceptors (Lipinski definition) is 5. The number of hydrazone groups is 1. The summed E-state index contributed by atoms with van der Waals surface area (Å²) in [5.74, 6) is -0.0474. The van der Waals surface area contributed by atoms with Crippen LogP contribution in [-0.4, -0.2) is 40.4 Å². The van der Waals surface area contributed by atoms with Crippen molar-refractivity contribution >= 4 is 18.2 Å². The van der Waals surface area contributed by atoms with Crippen molar-refractivity contribution in [2.45, 2.75) is 44.6 Å². The molecule has 0 atom stereocenters. The van der Waals surface area contributed by atoms with Crippen LogP contribution in [0.1, 0.15) is 44.6 Å².